The molecule has 0 aliphatic rings. The van der Waals surface area contributed by atoms with Gasteiger partial charge in [-0.3, -0.25) is 9.48 Å². The van der Waals surface area contributed by atoms with Crippen molar-refractivity contribution in [3.8, 4) is 21.9 Å². The summed E-state index contributed by atoms with van der Waals surface area (Å²) in [6.07, 6.45) is 0. The minimum Gasteiger partial charge on any atom is -0.457 e. The molecule has 146 valence electrons. The fourth-order valence-corrected chi connectivity index (χ4v) is 4.20. The van der Waals surface area contributed by atoms with E-state index in [1.54, 1.807) is 0 Å². The summed E-state index contributed by atoms with van der Waals surface area (Å²) in [7, 11) is 1.93. The minimum atomic E-state index is -0.128. The monoisotopic (exact) mass is 403 g/mol. The Kier molecular flexibility index (Phi) is 5.18. The number of aromatic nitrogens is 2. The number of anilines is 1. The number of thiophene rings is 1. The van der Waals surface area contributed by atoms with Gasteiger partial charge in [-0.15, -0.1) is 11.3 Å². The van der Waals surface area contributed by atoms with Crippen molar-refractivity contribution in [2.24, 2.45) is 7.05 Å². The average molecular weight is 404 g/mol. The molecule has 4 rings (SSSR count). The highest BCUT2D eigenvalue weighted by molar-refractivity contribution is 7.17. The lowest BCUT2D eigenvalue weighted by Crippen LogP contribution is -2.09. The quantitative estimate of drug-likeness (QED) is 0.457. The number of aryl methyl sites for hydroxylation is 2. The first-order valence-corrected chi connectivity index (χ1v) is 10.1. The van der Waals surface area contributed by atoms with Gasteiger partial charge in [0.25, 0.3) is 5.91 Å². The van der Waals surface area contributed by atoms with Crippen molar-refractivity contribution in [3.05, 3.63) is 83.0 Å². The van der Waals surface area contributed by atoms with E-state index in [-0.39, 0.29) is 5.91 Å². The number of nitrogens with one attached hydrogen (secondary N) is 1. The number of carbonyl (C=O) groups excluding carboxylic acids is 1. The van der Waals surface area contributed by atoms with Gasteiger partial charge in [0.05, 0.1) is 10.6 Å². The molecule has 0 saturated heterocycles. The molecule has 6 heteroatoms. The van der Waals surface area contributed by atoms with Gasteiger partial charge in [0, 0.05) is 28.9 Å². The normalized spacial score (nSPS) is 10.7. The third kappa shape index (κ3) is 4.07. The molecule has 2 aromatic carbocycles. The van der Waals surface area contributed by atoms with Gasteiger partial charge in [0.15, 0.2) is 0 Å². The Morgan fingerprint density at radius 2 is 1.66 bits per heavy atom. The smallest absolute Gasteiger partial charge is 0.265 e. The van der Waals surface area contributed by atoms with E-state index >= 15 is 0 Å². The second-order valence-electron chi connectivity index (χ2n) is 6.73. The summed E-state index contributed by atoms with van der Waals surface area (Å²) in [5.41, 5.74) is 3.87. The zero-order valence-corrected chi connectivity index (χ0v) is 17.3. The maximum Gasteiger partial charge on any atom is 0.265 e. The average Bonchev–Trinajstić information content (AvgIpc) is 3.29. The Bertz CT molecular complexity index is 1140. The van der Waals surface area contributed by atoms with E-state index in [1.807, 2.05) is 92.3 Å². The van der Waals surface area contributed by atoms with Crippen LogP contribution in [-0.4, -0.2) is 15.7 Å². The molecule has 0 fully saturated rings. The van der Waals surface area contributed by atoms with E-state index < -0.39 is 0 Å². The standard InChI is InChI=1S/C23H21N3O2S/c1-15-22(16(2)26(3)25-15)20-13-14-21(29-20)23(27)24-17-9-11-19(12-10-17)28-18-7-5-4-6-8-18/h4-14H,1-3H3,(H,24,27). The summed E-state index contributed by atoms with van der Waals surface area (Å²) >= 11 is 1.47. The van der Waals surface area contributed by atoms with Gasteiger partial charge in [-0.1, -0.05) is 18.2 Å². The first kappa shape index (κ1) is 19.0. The third-order valence-corrected chi connectivity index (χ3v) is 5.78. The van der Waals surface area contributed by atoms with Crippen LogP contribution in [0.3, 0.4) is 0 Å². The Labute approximate surface area is 173 Å². The van der Waals surface area contributed by atoms with Crippen LogP contribution in [0.25, 0.3) is 10.4 Å². The highest BCUT2D eigenvalue weighted by atomic mass is 32.1. The molecular formula is C23H21N3O2S. The van der Waals surface area contributed by atoms with E-state index in [1.165, 1.54) is 11.3 Å². The summed E-state index contributed by atoms with van der Waals surface area (Å²) < 4.78 is 7.65. The molecule has 0 spiro atoms. The van der Waals surface area contributed by atoms with Gasteiger partial charge < -0.3 is 10.1 Å². The molecule has 4 aromatic rings. The molecule has 0 bridgehead atoms. The number of rotatable bonds is 5. The summed E-state index contributed by atoms with van der Waals surface area (Å²) in [6.45, 7) is 4.02. The Morgan fingerprint density at radius 1 is 0.966 bits per heavy atom. The second-order valence-corrected chi connectivity index (χ2v) is 7.81. The molecule has 0 saturated carbocycles. The van der Waals surface area contributed by atoms with Gasteiger partial charge in [0.2, 0.25) is 0 Å². The molecule has 0 aliphatic heterocycles. The number of ether oxygens (including phenoxy) is 1. The predicted molar refractivity (Wildman–Crippen MR) is 117 cm³/mol. The first-order valence-electron chi connectivity index (χ1n) is 9.26. The largest absolute Gasteiger partial charge is 0.457 e. The van der Waals surface area contributed by atoms with Crippen LogP contribution in [0.15, 0.2) is 66.7 Å². The van der Waals surface area contributed by atoms with Crippen LogP contribution in [0, 0.1) is 13.8 Å². The minimum absolute atomic E-state index is 0.128. The van der Waals surface area contributed by atoms with Gasteiger partial charge in [0.1, 0.15) is 11.5 Å². The van der Waals surface area contributed by atoms with Gasteiger partial charge in [-0.05, 0) is 62.4 Å². The molecule has 0 radical (unpaired) electrons. The van der Waals surface area contributed by atoms with E-state index in [4.69, 9.17) is 4.74 Å². The highest BCUT2D eigenvalue weighted by Gasteiger charge is 2.16. The Hall–Kier alpha value is -3.38. The highest BCUT2D eigenvalue weighted by Crippen LogP contribution is 2.33. The van der Waals surface area contributed by atoms with E-state index in [0.29, 0.717) is 4.88 Å². The second kappa shape index (κ2) is 7.93. The van der Waals surface area contributed by atoms with Crippen LogP contribution in [0.4, 0.5) is 5.69 Å². The molecule has 0 aliphatic carbocycles. The van der Waals surface area contributed by atoms with Gasteiger partial charge >= 0.3 is 0 Å². The summed E-state index contributed by atoms with van der Waals surface area (Å²) in [6, 6.07) is 20.8. The number of benzene rings is 2. The lowest BCUT2D eigenvalue weighted by molar-refractivity contribution is 0.103. The van der Waals surface area contributed by atoms with Crippen LogP contribution in [-0.2, 0) is 7.05 Å². The molecule has 0 unspecified atom stereocenters. The number of carbonyl (C=O) groups is 1. The van der Waals surface area contributed by atoms with Crippen LogP contribution >= 0.6 is 11.3 Å². The van der Waals surface area contributed by atoms with Crippen molar-refractivity contribution in [1.29, 1.82) is 0 Å². The summed E-state index contributed by atoms with van der Waals surface area (Å²) in [5.74, 6) is 1.36. The molecule has 1 amide bonds. The van der Waals surface area contributed by atoms with Crippen molar-refractivity contribution >= 4 is 22.9 Å². The fourth-order valence-electron chi connectivity index (χ4n) is 3.15. The SMILES string of the molecule is Cc1nn(C)c(C)c1-c1ccc(C(=O)Nc2ccc(Oc3ccccc3)cc2)s1. The van der Waals surface area contributed by atoms with Crippen LogP contribution in [0.5, 0.6) is 11.5 Å². The lowest BCUT2D eigenvalue weighted by atomic mass is 10.1. The van der Waals surface area contributed by atoms with Crippen LogP contribution in [0.1, 0.15) is 21.1 Å². The number of nitrogens with zero attached hydrogens (tertiary/aromatic N) is 2. The number of hydrogen-bond acceptors (Lipinski definition) is 4. The first-order chi connectivity index (χ1) is 14.0. The molecule has 0 atom stereocenters. The topological polar surface area (TPSA) is 56.2 Å². The van der Waals surface area contributed by atoms with Crippen molar-refractivity contribution in [3.63, 3.8) is 0 Å². The zero-order chi connectivity index (χ0) is 20.4. The van der Waals surface area contributed by atoms with Crippen LogP contribution in [0.2, 0.25) is 0 Å². The van der Waals surface area contributed by atoms with E-state index in [2.05, 4.69) is 10.4 Å². The van der Waals surface area contributed by atoms with E-state index in [9.17, 15) is 4.79 Å². The number of hydrogen-bond donors (Lipinski definition) is 1. The van der Waals surface area contributed by atoms with Gasteiger partial charge in [-0.25, -0.2) is 0 Å². The summed E-state index contributed by atoms with van der Waals surface area (Å²) in [5, 5.41) is 7.40. The van der Waals surface area contributed by atoms with Crippen molar-refractivity contribution in [2.75, 3.05) is 5.32 Å². The third-order valence-electron chi connectivity index (χ3n) is 4.68. The van der Waals surface area contributed by atoms with Crippen molar-refractivity contribution < 1.29 is 9.53 Å². The number of amides is 1. The van der Waals surface area contributed by atoms with Crippen LogP contribution < -0.4 is 10.1 Å². The predicted octanol–water partition coefficient (Wildman–Crippen LogP) is 5.81. The Morgan fingerprint density at radius 3 is 2.31 bits per heavy atom. The lowest BCUT2D eigenvalue weighted by Gasteiger charge is -2.07. The van der Waals surface area contributed by atoms with E-state index in [0.717, 1.165) is 39.0 Å². The molecular weight excluding hydrogens is 382 g/mol. The number of para-hydroxylation sites is 1. The van der Waals surface area contributed by atoms with Crippen molar-refractivity contribution in [2.45, 2.75) is 13.8 Å². The molecule has 29 heavy (non-hydrogen) atoms. The molecule has 2 heterocycles. The molecule has 5 nitrogen and oxygen atoms in total. The van der Waals surface area contributed by atoms with Crippen molar-refractivity contribution in [1.82, 2.24) is 9.78 Å². The molecule has 1 N–H and O–H groups in total. The Balaban J connectivity index is 1.45. The maximum absolute atomic E-state index is 12.7. The molecule has 2 aromatic heterocycles. The zero-order valence-electron chi connectivity index (χ0n) is 16.5. The summed E-state index contributed by atoms with van der Waals surface area (Å²) in [4.78, 5) is 14.4. The van der Waals surface area contributed by atoms with Gasteiger partial charge in [-0.2, -0.15) is 5.10 Å². The fraction of sp³-hybridized carbons (Fsp3) is 0.130. The maximum atomic E-state index is 12.7.